The lowest BCUT2D eigenvalue weighted by atomic mass is 9.73. The summed E-state index contributed by atoms with van der Waals surface area (Å²) in [7, 11) is 0. The van der Waals surface area contributed by atoms with Crippen molar-refractivity contribution >= 4 is 102 Å². The second-order valence-electron chi connectivity index (χ2n) is 15.7. The van der Waals surface area contributed by atoms with E-state index in [0.29, 0.717) is 0 Å². The Morgan fingerprint density at radius 1 is 0.373 bits per heavy atom. The first-order chi connectivity index (χ1) is 29.2. The number of thiophene rings is 2. The van der Waals surface area contributed by atoms with E-state index in [1.165, 1.54) is 90.4 Å². The molecule has 0 saturated carbocycles. The average molecular weight is 791 g/mol. The lowest BCUT2D eigenvalue weighted by Crippen LogP contribution is -2.31. The van der Waals surface area contributed by atoms with Crippen LogP contribution in [-0.2, 0) is 0 Å². The topological polar surface area (TPSA) is 6.48 Å². The molecule has 59 heavy (non-hydrogen) atoms. The molecule has 1 aliphatic carbocycles. The van der Waals surface area contributed by atoms with Crippen LogP contribution in [0.4, 0.5) is 28.4 Å². The average Bonchev–Trinajstić information content (AvgIpc) is 3.86. The number of benzene rings is 9. The van der Waals surface area contributed by atoms with E-state index in [4.69, 9.17) is 0 Å². The third-order valence-corrected chi connectivity index (χ3v) is 14.7. The second-order valence-corrected chi connectivity index (χ2v) is 17.8. The molecule has 0 fully saturated rings. The molecule has 1 aliphatic rings. The molecule has 280 valence electrons. The van der Waals surface area contributed by atoms with Gasteiger partial charge in [-0.2, -0.15) is 0 Å². The standard InChI is InChI=1S/C55H38N2S2/c1-35-54-44-24-10-9-21-41(44)49(56(36-16-4-2-5-17-36)38-28-30-52-46(32-38)42-22-12-14-26-50(42)58-52)34-48(54)40-20-8-11-25-45(40)55(35)57(37-18-6-3-7-19-37)39-29-31-53-47(33-39)43-23-13-15-27-51(43)59-53/h2-35,55H,1H3. The number of hydrogen-bond donors (Lipinski definition) is 0. The first kappa shape index (κ1) is 34.3. The Hall–Kier alpha value is -6.72. The van der Waals surface area contributed by atoms with Crippen LogP contribution in [0.1, 0.15) is 30.0 Å². The van der Waals surface area contributed by atoms with Gasteiger partial charge in [0.1, 0.15) is 0 Å². The molecule has 4 heteroatoms. The molecule has 0 bridgehead atoms. The zero-order valence-corrected chi connectivity index (χ0v) is 34.1. The summed E-state index contributed by atoms with van der Waals surface area (Å²) in [6.45, 7) is 2.45. The Labute approximate surface area is 351 Å². The fourth-order valence-electron chi connectivity index (χ4n) is 9.85. The number of anilines is 5. The van der Waals surface area contributed by atoms with Crippen molar-refractivity contribution in [2.24, 2.45) is 0 Å². The molecule has 12 rings (SSSR count). The maximum atomic E-state index is 2.61. The first-order valence-electron chi connectivity index (χ1n) is 20.4. The monoisotopic (exact) mass is 790 g/mol. The minimum Gasteiger partial charge on any atom is -0.333 e. The van der Waals surface area contributed by atoms with E-state index in [2.05, 4.69) is 217 Å². The molecule has 2 atom stereocenters. The molecule has 0 radical (unpaired) electrons. The Kier molecular flexibility index (Phi) is 7.97. The summed E-state index contributed by atoms with van der Waals surface area (Å²) in [6.07, 6.45) is 0. The Morgan fingerprint density at radius 2 is 0.881 bits per heavy atom. The predicted molar refractivity (Wildman–Crippen MR) is 256 cm³/mol. The highest BCUT2D eigenvalue weighted by Gasteiger charge is 2.38. The van der Waals surface area contributed by atoms with E-state index in [1.807, 2.05) is 22.7 Å². The quantitative estimate of drug-likeness (QED) is 0.166. The minimum absolute atomic E-state index is 0.0391. The van der Waals surface area contributed by atoms with Gasteiger partial charge >= 0.3 is 0 Å². The molecule has 2 heterocycles. The predicted octanol–water partition coefficient (Wildman–Crippen LogP) is 16.7. The molecule has 0 saturated heterocycles. The summed E-state index contributed by atoms with van der Waals surface area (Å²) in [5, 5.41) is 7.77. The van der Waals surface area contributed by atoms with Gasteiger partial charge in [0.25, 0.3) is 0 Å². The molecule has 2 unspecified atom stereocenters. The maximum Gasteiger partial charge on any atom is 0.0663 e. The highest BCUT2D eigenvalue weighted by molar-refractivity contribution is 7.26. The molecule has 0 N–H and O–H groups in total. The largest absolute Gasteiger partial charge is 0.333 e. The Bertz CT molecular complexity index is 3380. The van der Waals surface area contributed by atoms with Crippen LogP contribution in [0.15, 0.2) is 200 Å². The van der Waals surface area contributed by atoms with Crippen molar-refractivity contribution in [2.75, 3.05) is 9.80 Å². The van der Waals surface area contributed by atoms with E-state index in [-0.39, 0.29) is 12.0 Å². The molecular formula is C55H38N2S2. The zero-order valence-electron chi connectivity index (χ0n) is 32.4. The van der Waals surface area contributed by atoms with Crippen LogP contribution < -0.4 is 9.80 Å². The van der Waals surface area contributed by atoms with Gasteiger partial charge in [-0.3, -0.25) is 0 Å². The fraction of sp³-hybridized carbons (Fsp3) is 0.0545. The van der Waals surface area contributed by atoms with Gasteiger partial charge in [0.15, 0.2) is 0 Å². The number of nitrogens with zero attached hydrogens (tertiary/aromatic N) is 2. The summed E-state index contributed by atoms with van der Waals surface area (Å²) in [5.74, 6) is 0.146. The number of para-hydroxylation sites is 2. The minimum atomic E-state index is 0.0391. The summed E-state index contributed by atoms with van der Waals surface area (Å²) in [6, 6.07) is 74.4. The summed E-state index contributed by atoms with van der Waals surface area (Å²) >= 11 is 3.74. The fourth-order valence-corrected chi connectivity index (χ4v) is 12.0. The first-order valence-corrected chi connectivity index (χ1v) is 22.0. The van der Waals surface area contributed by atoms with Gasteiger partial charge < -0.3 is 9.80 Å². The number of fused-ring (bicyclic) bond motifs is 11. The highest BCUT2D eigenvalue weighted by Crippen LogP contribution is 2.56. The van der Waals surface area contributed by atoms with E-state index in [0.717, 1.165) is 11.4 Å². The molecule has 2 nitrogen and oxygen atoms in total. The van der Waals surface area contributed by atoms with Crippen LogP contribution in [0, 0.1) is 0 Å². The summed E-state index contributed by atoms with van der Waals surface area (Å²) in [5.41, 5.74) is 11.2. The van der Waals surface area contributed by atoms with Gasteiger partial charge in [-0.1, -0.05) is 128 Å². The number of rotatable bonds is 6. The second kappa shape index (κ2) is 13.7. The van der Waals surface area contributed by atoms with Crippen molar-refractivity contribution in [3.8, 4) is 11.1 Å². The van der Waals surface area contributed by atoms with Crippen LogP contribution in [0.2, 0.25) is 0 Å². The van der Waals surface area contributed by atoms with Gasteiger partial charge in [-0.05, 0) is 107 Å². The maximum absolute atomic E-state index is 2.61. The van der Waals surface area contributed by atoms with Gasteiger partial charge in [-0.15, -0.1) is 22.7 Å². The van der Waals surface area contributed by atoms with Gasteiger partial charge in [0.2, 0.25) is 0 Å². The normalized spacial score (nSPS) is 14.9. The van der Waals surface area contributed by atoms with Crippen LogP contribution in [-0.4, -0.2) is 0 Å². The molecule has 0 spiro atoms. The van der Waals surface area contributed by atoms with Gasteiger partial charge in [0, 0.05) is 74.4 Å². The zero-order chi connectivity index (χ0) is 39.0. The van der Waals surface area contributed by atoms with Crippen molar-refractivity contribution in [1.82, 2.24) is 0 Å². The lowest BCUT2D eigenvalue weighted by molar-refractivity contribution is 0.579. The molecule has 0 amide bonds. The van der Waals surface area contributed by atoms with Gasteiger partial charge in [0.05, 0.1) is 11.7 Å². The van der Waals surface area contributed by atoms with Crippen molar-refractivity contribution < 1.29 is 0 Å². The van der Waals surface area contributed by atoms with E-state index >= 15 is 0 Å². The van der Waals surface area contributed by atoms with Crippen LogP contribution in [0.5, 0.6) is 0 Å². The summed E-state index contributed by atoms with van der Waals surface area (Å²) < 4.78 is 5.27. The third-order valence-electron chi connectivity index (χ3n) is 12.4. The Morgan fingerprint density at radius 3 is 1.56 bits per heavy atom. The molecule has 2 aromatic heterocycles. The SMILES string of the molecule is CC1c2c(cc(N(c3ccccc3)c3ccc4sc5ccccc5c4c3)c3ccccc23)-c2ccccc2C1N(c1ccccc1)c1ccc2sc3ccccc3c2c1. The molecule has 11 aromatic rings. The van der Waals surface area contributed by atoms with E-state index in [9.17, 15) is 0 Å². The van der Waals surface area contributed by atoms with Crippen LogP contribution in [0.3, 0.4) is 0 Å². The van der Waals surface area contributed by atoms with Crippen molar-refractivity contribution in [3.63, 3.8) is 0 Å². The molecule has 9 aromatic carbocycles. The van der Waals surface area contributed by atoms with Crippen LogP contribution >= 0.6 is 22.7 Å². The van der Waals surface area contributed by atoms with Crippen molar-refractivity contribution in [1.29, 1.82) is 0 Å². The smallest absolute Gasteiger partial charge is 0.0663 e. The molecular weight excluding hydrogens is 753 g/mol. The van der Waals surface area contributed by atoms with Crippen molar-refractivity contribution in [3.05, 3.63) is 211 Å². The van der Waals surface area contributed by atoms with Crippen LogP contribution in [0.25, 0.3) is 62.2 Å². The Balaban J connectivity index is 1.09. The lowest BCUT2D eigenvalue weighted by Gasteiger charge is -2.43. The van der Waals surface area contributed by atoms with Gasteiger partial charge in [-0.25, -0.2) is 0 Å². The third kappa shape index (κ3) is 5.44. The summed E-state index contributed by atoms with van der Waals surface area (Å²) in [4.78, 5) is 5.09. The molecule has 0 aliphatic heterocycles. The number of hydrogen-bond acceptors (Lipinski definition) is 4. The highest BCUT2D eigenvalue weighted by atomic mass is 32.1. The van der Waals surface area contributed by atoms with E-state index < -0.39 is 0 Å². The van der Waals surface area contributed by atoms with E-state index in [1.54, 1.807) is 0 Å². The van der Waals surface area contributed by atoms with Crippen molar-refractivity contribution in [2.45, 2.75) is 18.9 Å².